The normalized spacial score (nSPS) is 14.1. The molecule has 1 fully saturated rings. The first-order chi connectivity index (χ1) is 16.1. The van der Waals surface area contributed by atoms with Crippen LogP contribution in [-0.2, 0) is 4.74 Å². The van der Waals surface area contributed by atoms with E-state index in [1.54, 1.807) is 24.3 Å². The molecule has 0 atom stereocenters. The molecule has 1 aromatic heterocycles. The SMILES string of the molecule is COc1cc(NC(=O)c2ccccc2F)ccc1-c1nnc(NCCCN2CCOCC2)o1. The lowest BCUT2D eigenvalue weighted by Gasteiger charge is -2.26. The Bertz CT molecular complexity index is 1080. The predicted octanol–water partition coefficient (Wildman–Crippen LogP) is 3.27. The molecule has 9 nitrogen and oxygen atoms in total. The van der Waals surface area contributed by atoms with Gasteiger partial charge in [-0.25, -0.2) is 4.39 Å². The van der Waals surface area contributed by atoms with Gasteiger partial charge in [0, 0.05) is 31.4 Å². The molecule has 0 saturated carbocycles. The number of methoxy groups -OCH3 is 1. The Morgan fingerprint density at radius 1 is 1.18 bits per heavy atom. The number of amides is 1. The monoisotopic (exact) mass is 455 g/mol. The van der Waals surface area contributed by atoms with Gasteiger partial charge in [0.05, 0.1) is 31.5 Å². The smallest absolute Gasteiger partial charge is 0.315 e. The van der Waals surface area contributed by atoms with Gasteiger partial charge in [-0.05, 0) is 37.2 Å². The molecule has 0 bridgehead atoms. The summed E-state index contributed by atoms with van der Waals surface area (Å²) in [6.07, 6.45) is 0.942. The summed E-state index contributed by atoms with van der Waals surface area (Å²) >= 11 is 0. The lowest BCUT2D eigenvalue weighted by atomic mass is 10.1. The van der Waals surface area contributed by atoms with E-state index in [2.05, 4.69) is 25.7 Å². The summed E-state index contributed by atoms with van der Waals surface area (Å²) in [4.78, 5) is 14.7. The van der Waals surface area contributed by atoms with Crippen molar-refractivity contribution in [1.82, 2.24) is 15.1 Å². The molecule has 0 spiro atoms. The molecule has 33 heavy (non-hydrogen) atoms. The summed E-state index contributed by atoms with van der Waals surface area (Å²) in [6, 6.07) is 11.1. The van der Waals surface area contributed by atoms with Crippen molar-refractivity contribution in [2.45, 2.75) is 6.42 Å². The van der Waals surface area contributed by atoms with Crippen LogP contribution in [0.5, 0.6) is 5.75 Å². The molecule has 1 aliphatic heterocycles. The van der Waals surface area contributed by atoms with E-state index in [-0.39, 0.29) is 11.5 Å². The second-order valence-electron chi connectivity index (χ2n) is 7.50. The van der Waals surface area contributed by atoms with E-state index in [4.69, 9.17) is 13.9 Å². The van der Waals surface area contributed by atoms with E-state index < -0.39 is 11.7 Å². The lowest BCUT2D eigenvalue weighted by Crippen LogP contribution is -2.37. The van der Waals surface area contributed by atoms with Crippen LogP contribution < -0.4 is 15.4 Å². The van der Waals surface area contributed by atoms with E-state index in [0.717, 1.165) is 39.3 Å². The quantitative estimate of drug-likeness (QED) is 0.474. The number of nitrogens with one attached hydrogen (secondary N) is 2. The molecule has 0 radical (unpaired) electrons. The van der Waals surface area contributed by atoms with Crippen LogP contribution in [0.4, 0.5) is 16.1 Å². The van der Waals surface area contributed by atoms with Gasteiger partial charge < -0.3 is 24.5 Å². The number of carbonyl (C=O) groups excluding carboxylic acids is 1. The van der Waals surface area contributed by atoms with Gasteiger partial charge in [-0.3, -0.25) is 9.69 Å². The molecule has 1 amide bonds. The first-order valence-corrected chi connectivity index (χ1v) is 10.8. The summed E-state index contributed by atoms with van der Waals surface area (Å²) in [5.41, 5.74) is 0.988. The van der Waals surface area contributed by atoms with Gasteiger partial charge in [-0.1, -0.05) is 17.2 Å². The van der Waals surface area contributed by atoms with Crippen molar-refractivity contribution in [3.05, 3.63) is 53.8 Å². The maximum Gasteiger partial charge on any atom is 0.315 e. The number of anilines is 2. The Labute approximate surface area is 190 Å². The molecular formula is C23H26FN5O4. The van der Waals surface area contributed by atoms with Crippen LogP contribution in [0.2, 0.25) is 0 Å². The van der Waals surface area contributed by atoms with E-state index >= 15 is 0 Å². The third-order valence-corrected chi connectivity index (χ3v) is 5.26. The van der Waals surface area contributed by atoms with Crippen molar-refractivity contribution in [1.29, 1.82) is 0 Å². The molecule has 1 saturated heterocycles. The van der Waals surface area contributed by atoms with Crippen LogP contribution in [0.25, 0.3) is 11.5 Å². The number of carbonyl (C=O) groups is 1. The Morgan fingerprint density at radius 3 is 2.79 bits per heavy atom. The number of benzene rings is 2. The van der Waals surface area contributed by atoms with Gasteiger partial charge in [0.15, 0.2) is 0 Å². The standard InChI is InChI=1S/C23H26FN5O4/c1-31-20-15-16(26-21(30)17-5-2-3-6-19(17)24)7-8-18(20)22-27-28-23(33-22)25-9-4-10-29-11-13-32-14-12-29/h2-3,5-8,15H,4,9-14H2,1H3,(H,25,28)(H,26,30). The highest BCUT2D eigenvalue weighted by Crippen LogP contribution is 2.32. The molecule has 10 heteroatoms. The van der Waals surface area contributed by atoms with E-state index in [9.17, 15) is 9.18 Å². The topological polar surface area (TPSA) is 102 Å². The zero-order valence-electron chi connectivity index (χ0n) is 18.3. The summed E-state index contributed by atoms with van der Waals surface area (Å²) in [5.74, 6) is -0.419. The molecule has 0 unspecified atom stereocenters. The number of halogens is 1. The average molecular weight is 455 g/mol. The highest BCUT2D eigenvalue weighted by Gasteiger charge is 2.17. The highest BCUT2D eigenvalue weighted by molar-refractivity contribution is 6.04. The summed E-state index contributed by atoms with van der Waals surface area (Å²) < 4.78 is 30.4. The fourth-order valence-corrected chi connectivity index (χ4v) is 3.52. The van der Waals surface area contributed by atoms with Crippen molar-refractivity contribution in [3.63, 3.8) is 0 Å². The first kappa shape index (κ1) is 22.7. The zero-order chi connectivity index (χ0) is 23.0. The molecule has 4 rings (SSSR count). The maximum absolute atomic E-state index is 13.9. The van der Waals surface area contributed by atoms with Crippen LogP contribution in [0.1, 0.15) is 16.8 Å². The first-order valence-electron chi connectivity index (χ1n) is 10.8. The minimum Gasteiger partial charge on any atom is -0.496 e. The summed E-state index contributed by atoms with van der Waals surface area (Å²) in [6.45, 7) is 5.17. The molecule has 2 aromatic carbocycles. The Kier molecular flexibility index (Phi) is 7.48. The fraction of sp³-hybridized carbons (Fsp3) is 0.348. The van der Waals surface area contributed by atoms with Gasteiger partial charge in [0.2, 0.25) is 0 Å². The number of hydrogen-bond acceptors (Lipinski definition) is 8. The van der Waals surface area contributed by atoms with Gasteiger partial charge in [-0.15, -0.1) is 5.10 Å². The van der Waals surface area contributed by atoms with Crippen molar-refractivity contribution < 1.29 is 23.1 Å². The van der Waals surface area contributed by atoms with Crippen LogP contribution in [0.3, 0.4) is 0 Å². The average Bonchev–Trinajstić information content (AvgIpc) is 3.31. The molecule has 2 N–H and O–H groups in total. The van der Waals surface area contributed by atoms with Crippen LogP contribution in [0, 0.1) is 5.82 Å². The van der Waals surface area contributed by atoms with Gasteiger partial charge in [0.25, 0.3) is 11.8 Å². The molecule has 0 aliphatic carbocycles. The van der Waals surface area contributed by atoms with E-state index in [1.165, 1.54) is 25.3 Å². The van der Waals surface area contributed by atoms with E-state index in [0.29, 0.717) is 29.6 Å². The van der Waals surface area contributed by atoms with Gasteiger partial charge in [0.1, 0.15) is 11.6 Å². The third-order valence-electron chi connectivity index (χ3n) is 5.26. The molecule has 1 aliphatic rings. The van der Waals surface area contributed by atoms with Crippen molar-refractivity contribution in [2.75, 3.05) is 57.1 Å². The maximum atomic E-state index is 13.9. The van der Waals surface area contributed by atoms with Crippen molar-refractivity contribution in [2.24, 2.45) is 0 Å². The fourth-order valence-electron chi connectivity index (χ4n) is 3.52. The second kappa shape index (κ2) is 10.9. The van der Waals surface area contributed by atoms with Crippen LogP contribution in [-0.4, -0.2) is 67.5 Å². The van der Waals surface area contributed by atoms with Gasteiger partial charge in [-0.2, -0.15) is 0 Å². The summed E-state index contributed by atoms with van der Waals surface area (Å²) in [5, 5.41) is 13.9. The Hall–Kier alpha value is -3.50. The number of nitrogens with zero attached hydrogens (tertiary/aromatic N) is 3. The molecule has 3 aromatic rings. The number of aromatic nitrogens is 2. The third kappa shape index (κ3) is 5.85. The van der Waals surface area contributed by atoms with Crippen molar-refractivity contribution in [3.8, 4) is 17.2 Å². The number of ether oxygens (including phenoxy) is 2. The zero-order valence-corrected chi connectivity index (χ0v) is 18.3. The number of hydrogen-bond donors (Lipinski definition) is 2. The van der Waals surface area contributed by atoms with Crippen LogP contribution in [0.15, 0.2) is 46.9 Å². The molecule has 2 heterocycles. The largest absolute Gasteiger partial charge is 0.496 e. The lowest BCUT2D eigenvalue weighted by molar-refractivity contribution is 0.0378. The Morgan fingerprint density at radius 2 is 2.00 bits per heavy atom. The summed E-state index contributed by atoms with van der Waals surface area (Å²) in [7, 11) is 1.50. The van der Waals surface area contributed by atoms with Crippen molar-refractivity contribution >= 4 is 17.6 Å². The van der Waals surface area contributed by atoms with Gasteiger partial charge >= 0.3 is 6.01 Å². The Balaban J connectivity index is 1.36. The number of morpholine rings is 1. The van der Waals surface area contributed by atoms with E-state index in [1.807, 2.05) is 0 Å². The minimum absolute atomic E-state index is 0.0400. The highest BCUT2D eigenvalue weighted by atomic mass is 19.1. The van der Waals surface area contributed by atoms with Crippen LogP contribution >= 0.6 is 0 Å². The second-order valence-corrected chi connectivity index (χ2v) is 7.50. The minimum atomic E-state index is -0.589. The number of rotatable bonds is 9. The molecular weight excluding hydrogens is 429 g/mol. The molecule has 174 valence electrons. The predicted molar refractivity (Wildman–Crippen MR) is 121 cm³/mol.